The van der Waals surface area contributed by atoms with Gasteiger partial charge in [0.15, 0.2) is 40.6 Å². The van der Waals surface area contributed by atoms with E-state index in [9.17, 15) is 69.6 Å². The predicted molar refractivity (Wildman–Crippen MR) is 214 cm³/mol. The van der Waals surface area contributed by atoms with Gasteiger partial charge in [-0.05, 0) is 54.1 Å². The van der Waals surface area contributed by atoms with Gasteiger partial charge in [-0.1, -0.05) is 6.07 Å². The topological polar surface area (TPSA) is 387 Å². The van der Waals surface area contributed by atoms with E-state index in [0.717, 1.165) is 18.2 Å². The van der Waals surface area contributed by atoms with E-state index in [-0.39, 0.29) is 39.9 Å². The molecule has 0 spiro atoms. The molecule has 0 unspecified atom stereocenters. The van der Waals surface area contributed by atoms with Gasteiger partial charge in [-0.2, -0.15) is 0 Å². The lowest BCUT2D eigenvalue weighted by atomic mass is 9.98. The maximum atomic E-state index is 13.0. The van der Waals surface area contributed by atoms with Gasteiger partial charge in [-0.3, -0.25) is 24.0 Å². The molecule has 10 atom stereocenters. The summed E-state index contributed by atoms with van der Waals surface area (Å²) in [5.41, 5.74) is -0.366. The van der Waals surface area contributed by atoms with Gasteiger partial charge >= 0.3 is 29.8 Å². The Kier molecular flexibility index (Phi) is 15.1. The number of hydrogen-bond acceptors (Lipinski definition) is 21. The molecule has 0 radical (unpaired) electrons. The lowest BCUT2D eigenvalue weighted by molar-refractivity contribution is -0.282. The number of aliphatic hydroxyl groups excluding tert-OH is 5. The van der Waals surface area contributed by atoms with Crippen LogP contribution in [-0.2, 0) is 42.9 Å². The van der Waals surface area contributed by atoms with Gasteiger partial charge in [0, 0.05) is 17.7 Å². The van der Waals surface area contributed by atoms with E-state index in [2.05, 4.69) is 0 Å². The summed E-state index contributed by atoms with van der Waals surface area (Å²) in [6, 6.07) is 12.2. The second-order valence-electron chi connectivity index (χ2n) is 14.6. The zero-order valence-corrected chi connectivity index (χ0v) is 33.8. The molecule has 2 fully saturated rings. The van der Waals surface area contributed by atoms with Crippen molar-refractivity contribution in [2.45, 2.75) is 74.3 Å². The largest absolute Gasteiger partial charge is 0.510 e. The number of fused-ring (bicyclic) bond motifs is 1. The van der Waals surface area contributed by atoms with Crippen molar-refractivity contribution >= 4 is 35.9 Å². The Morgan fingerprint density at radius 2 is 1.29 bits per heavy atom. The number of rotatable bonds is 16. The number of carboxylic acids is 2. The fourth-order valence-electron chi connectivity index (χ4n) is 6.54. The Morgan fingerprint density at radius 3 is 1.95 bits per heavy atom. The molecule has 2 aromatic carbocycles. The maximum absolute atomic E-state index is 13.0. The van der Waals surface area contributed by atoms with Crippen molar-refractivity contribution in [3.8, 4) is 51.4 Å². The Balaban J connectivity index is 1.30. The molecule has 0 saturated carbocycles. The third kappa shape index (κ3) is 11.7. The smallest absolute Gasteiger partial charge is 0.508 e. The lowest BCUT2D eigenvalue weighted by Gasteiger charge is -2.41. The van der Waals surface area contributed by atoms with Gasteiger partial charge in [0.1, 0.15) is 73.3 Å². The van der Waals surface area contributed by atoms with Crippen LogP contribution in [0.3, 0.4) is 0 Å². The van der Waals surface area contributed by atoms with Crippen LogP contribution in [0, 0.1) is 0 Å². The number of carbonyl (C=O) groups excluding carboxylic acids is 3. The number of benzene rings is 3. The zero-order valence-electron chi connectivity index (χ0n) is 33.8. The molecule has 2 saturated heterocycles. The Bertz CT molecular complexity index is 2480. The van der Waals surface area contributed by atoms with Crippen LogP contribution in [0.4, 0.5) is 0 Å². The van der Waals surface area contributed by atoms with Crippen molar-refractivity contribution in [3.63, 3.8) is 0 Å². The zero-order chi connectivity index (χ0) is 48.0. The van der Waals surface area contributed by atoms with Gasteiger partial charge in [-0.25, -0.2) is 0 Å². The average Bonchev–Trinajstić information content (AvgIpc) is 3.25. The molecule has 1 aliphatic carbocycles. The SMILES string of the molecule is O=C(O)CC(=O)OC[C@H]1O[C@@H](Oc2cc(=O)cc3oc(-c4ccc(O)cc4)c(O[C@@H]4O[C@H](COC(=[OH+])C=Cc5ccc(O)c(O)c5)[C@@H](O)[C@H](O)[C@H]4O)cc2-3)[C@H](O)[C@@H](O)[C@@H]1OC(=O)CC(=O)O. The van der Waals surface area contributed by atoms with Crippen molar-refractivity contribution < 1.29 is 113 Å². The monoisotopic (exact) mass is 929 g/mol. The number of carbonyl (C=O) groups is 4. The summed E-state index contributed by atoms with van der Waals surface area (Å²) in [5, 5.41) is 102. The molecular weight excluding hydrogens is 888 g/mol. The molecule has 24 nitrogen and oxygen atoms in total. The molecule has 2 aromatic rings. The molecule has 11 N–H and O–H groups in total. The molecule has 66 heavy (non-hydrogen) atoms. The van der Waals surface area contributed by atoms with Gasteiger partial charge in [0.05, 0.1) is 11.6 Å². The summed E-state index contributed by atoms with van der Waals surface area (Å²) < 4.78 is 44.7. The first-order valence-electron chi connectivity index (χ1n) is 19.4. The van der Waals surface area contributed by atoms with E-state index < -0.39 is 134 Å². The van der Waals surface area contributed by atoms with E-state index >= 15 is 0 Å². The summed E-state index contributed by atoms with van der Waals surface area (Å²) in [6.45, 7) is -1.57. The molecule has 6 rings (SSSR count). The Morgan fingerprint density at radius 1 is 0.667 bits per heavy atom. The van der Waals surface area contributed by atoms with Crippen LogP contribution in [0.15, 0.2) is 76.0 Å². The molecule has 4 aliphatic rings. The predicted octanol–water partition coefficient (Wildman–Crippen LogP) is -0.823. The molecule has 3 aliphatic heterocycles. The minimum absolute atomic E-state index is 0.143. The summed E-state index contributed by atoms with van der Waals surface area (Å²) in [4.78, 5) is 69.9. The van der Waals surface area contributed by atoms with Crippen molar-refractivity contribution in [2.24, 2.45) is 0 Å². The minimum Gasteiger partial charge on any atom is -0.508 e. The average molecular weight is 930 g/mol. The highest BCUT2D eigenvalue weighted by Crippen LogP contribution is 2.43. The molecular formula is C42H41O24+. The molecule has 0 aromatic heterocycles. The van der Waals surface area contributed by atoms with Crippen molar-refractivity contribution in [3.05, 3.63) is 82.5 Å². The number of phenols is 3. The first-order chi connectivity index (χ1) is 31.3. The van der Waals surface area contributed by atoms with E-state index in [0.29, 0.717) is 5.56 Å². The van der Waals surface area contributed by atoms with Crippen LogP contribution < -0.4 is 14.9 Å². The molecule has 3 heterocycles. The highest BCUT2D eigenvalue weighted by Gasteiger charge is 2.50. The van der Waals surface area contributed by atoms with Crippen LogP contribution in [0.1, 0.15) is 18.4 Å². The first kappa shape index (κ1) is 48.1. The number of ether oxygens (including phenoxy) is 7. The fourth-order valence-corrected chi connectivity index (χ4v) is 6.54. The third-order valence-electron chi connectivity index (χ3n) is 9.79. The standard InChI is InChI=1S/C42H40O24/c43-19-5-3-18(4-6-19)39-26(63-41-37(57)35(55)34(54)27(64-41)15-59-31(51)8-2-17-1-7-22(45)23(46)9-17)12-21-24(61-39)10-20(44)11-25(21)62-42-38(58)36(56)40(66-33(53)14-30(49)50)28(65-42)16-60-32(52)13-29(47)48/h1-12,27-28,34-38,40-43,45-46,54-58H,13-16H2,(H,47,48)(H,49,50)/p+1/t27-,28-,34-,35+,36-,37-,38-,40-,41-,42-/m1/s1. The van der Waals surface area contributed by atoms with E-state index in [1.165, 1.54) is 54.6 Å². The van der Waals surface area contributed by atoms with Crippen molar-refractivity contribution in [1.29, 1.82) is 0 Å². The number of aliphatic carboxylic acids is 2. The number of aliphatic hydroxyl groups is 5. The first-order valence-corrected chi connectivity index (χ1v) is 19.4. The van der Waals surface area contributed by atoms with Crippen LogP contribution in [-0.4, -0.2) is 160 Å². The second-order valence-corrected chi connectivity index (χ2v) is 14.6. The maximum Gasteiger partial charge on any atom is 0.510 e. The molecule has 0 amide bonds. The van der Waals surface area contributed by atoms with E-state index in [1.54, 1.807) is 0 Å². The number of esters is 3. The van der Waals surface area contributed by atoms with Crippen molar-refractivity contribution in [1.82, 2.24) is 0 Å². The molecule has 0 bridgehead atoms. The highest BCUT2D eigenvalue weighted by molar-refractivity contribution is 5.91. The summed E-state index contributed by atoms with van der Waals surface area (Å²) in [7, 11) is 0. The lowest BCUT2D eigenvalue weighted by Crippen LogP contribution is -2.61. The second kappa shape index (κ2) is 20.7. The normalized spacial score (nSPS) is 25.2. The highest BCUT2D eigenvalue weighted by atomic mass is 16.7. The van der Waals surface area contributed by atoms with E-state index in [1.807, 2.05) is 0 Å². The fraction of sp³-hybridized carbons (Fsp3) is 0.333. The van der Waals surface area contributed by atoms with Gasteiger partial charge in [-0.15, -0.1) is 0 Å². The van der Waals surface area contributed by atoms with Crippen LogP contribution >= 0.6 is 0 Å². The van der Waals surface area contributed by atoms with Crippen LogP contribution in [0.5, 0.6) is 28.7 Å². The van der Waals surface area contributed by atoms with Crippen LogP contribution in [0.25, 0.3) is 28.7 Å². The number of hydrogen-bond donors (Lipinski definition) is 10. The molecule has 352 valence electrons. The van der Waals surface area contributed by atoms with Gasteiger partial charge < -0.3 is 93.4 Å². The Labute approximate surface area is 369 Å². The summed E-state index contributed by atoms with van der Waals surface area (Å²) >= 11 is 0. The van der Waals surface area contributed by atoms with Gasteiger partial charge in [0.25, 0.3) is 0 Å². The minimum atomic E-state index is -2.15. The number of aromatic hydroxyl groups is 3. The quantitative estimate of drug-likeness (QED) is 0.0164. The summed E-state index contributed by atoms with van der Waals surface area (Å²) in [6.07, 6.45) is -19.0. The van der Waals surface area contributed by atoms with Gasteiger partial charge in [0.2, 0.25) is 19.2 Å². The number of carboxylic acid groups (broad SMARTS) is 2. The summed E-state index contributed by atoms with van der Waals surface area (Å²) in [5.74, 6) is -8.76. The van der Waals surface area contributed by atoms with E-state index in [4.69, 9.17) is 47.8 Å². The van der Waals surface area contributed by atoms with Crippen molar-refractivity contribution in [2.75, 3.05) is 13.2 Å². The molecule has 24 heteroatoms. The number of phenolic OH excluding ortho intramolecular Hbond substituents is 3. The third-order valence-corrected chi connectivity index (χ3v) is 9.79. The Hall–Kier alpha value is -7.32. The van der Waals surface area contributed by atoms with Crippen LogP contribution in [0.2, 0.25) is 0 Å².